The van der Waals surface area contributed by atoms with Crippen LogP contribution in [0.4, 0.5) is 24.8 Å². The van der Waals surface area contributed by atoms with Gasteiger partial charge in [-0.1, -0.05) is 12.1 Å². The molecule has 2 aromatic heterocycles. The van der Waals surface area contributed by atoms with Gasteiger partial charge in [0.1, 0.15) is 0 Å². The molecule has 2 aromatic carbocycles. The quantitative estimate of drug-likeness (QED) is 0.409. The lowest BCUT2D eigenvalue weighted by Gasteiger charge is -2.29. The molecule has 10 heteroatoms. The third-order valence-corrected chi connectivity index (χ3v) is 6.32. The third-order valence-electron chi connectivity index (χ3n) is 6.32. The number of nitrogens with one attached hydrogen (secondary N) is 2. The van der Waals surface area contributed by atoms with Crippen molar-refractivity contribution in [2.45, 2.75) is 25.1 Å². The Morgan fingerprint density at radius 3 is 2.50 bits per heavy atom. The zero-order chi connectivity index (χ0) is 25.3. The van der Waals surface area contributed by atoms with E-state index in [4.69, 9.17) is 0 Å². The second kappa shape index (κ2) is 9.62. The summed E-state index contributed by atoms with van der Waals surface area (Å²) >= 11 is 0. The van der Waals surface area contributed by atoms with E-state index in [-0.39, 0.29) is 17.9 Å². The van der Waals surface area contributed by atoms with Crippen molar-refractivity contribution in [3.8, 4) is 11.1 Å². The highest BCUT2D eigenvalue weighted by Crippen LogP contribution is 2.33. The second-order valence-corrected chi connectivity index (χ2v) is 8.96. The van der Waals surface area contributed by atoms with Crippen LogP contribution in [-0.4, -0.2) is 51.6 Å². The average Bonchev–Trinajstić information content (AvgIpc) is 3.28. The van der Waals surface area contributed by atoms with Crippen molar-refractivity contribution >= 4 is 23.2 Å². The van der Waals surface area contributed by atoms with Gasteiger partial charge in [-0.25, -0.2) is 4.52 Å². The lowest BCUT2D eigenvalue weighted by Crippen LogP contribution is -2.43. The van der Waals surface area contributed by atoms with Crippen molar-refractivity contribution in [2.24, 2.45) is 0 Å². The van der Waals surface area contributed by atoms with E-state index in [1.807, 2.05) is 0 Å². The molecule has 7 nitrogen and oxygen atoms in total. The van der Waals surface area contributed by atoms with Gasteiger partial charge in [-0.05, 0) is 87.1 Å². The molecule has 36 heavy (non-hydrogen) atoms. The standard InChI is InChI=1S/C26H25F3N6O/c1-34-14-11-21(12-15-34)30-24(36)17-7-9-20(10-8-17)31-25-32-23-22(6-3-13-35(23)33-25)18-4-2-5-19(16-18)26(27,28)29/h2-10,13,16,21H,11-12,14-15H2,1H3,(H,30,36)(H,31,33). The van der Waals surface area contributed by atoms with Gasteiger partial charge >= 0.3 is 6.18 Å². The molecule has 0 saturated carbocycles. The van der Waals surface area contributed by atoms with Gasteiger partial charge in [0.05, 0.1) is 5.56 Å². The predicted octanol–water partition coefficient (Wildman–Crippen LogP) is 4.98. The lowest BCUT2D eigenvalue weighted by molar-refractivity contribution is -0.137. The molecule has 0 aliphatic carbocycles. The number of fused-ring (bicyclic) bond motifs is 1. The Kier molecular flexibility index (Phi) is 6.36. The number of pyridine rings is 1. The SMILES string of the molecule is CN1CCC(NC(=O)c2ccc(Nc3nc4c(-c5cccc(C(F)(F)F)c5)cccn4n3)cc2)CC1. The van der Waals surface area contributed by atoms with Crippen LogP contribution >= 0.6 is 0 Å². The number of carbonyl (C=O) groups excluding carboxylic acids is 1. The molecule has 4 aromatic rings. The Bertz CT molecular complexity index is 1370. The Balaban J connectivity index is 1.31. The first-order chi connectivity index (χ1) is 17.3. The van der Waals surface area contributed by atoms with Crippen LogP contribution in [0.5, 0.6) is 0 Å². The zero-order valence-corrected chi connectivity index (χ0v) is 19.6. The van der Waals surface area contributed by atoms with E-state index in [0.29, 0.717) is 28.0 Å². The van der Waals surface area contributed by atoms with Crippen LogP contribution in [0, 0.1) is 0 Å². The van der Waals surface area contributed by atoms with E-state index in [1.165, 1.54) is 10.6 Å². The number of anilines is 2. The van der Waals surface area contributed by atoms with Crippen molar-refractivity contribution in [3.05, 3.63) is 78.0 Å². The summed E-state index contributed by atoms with van der Waals surface area (Å²) in [6.45, 7) is 1.94. The average molecular weight is 495 g/mol. The molecule has 3 heterocycles. The topological polar surface area (TPSA) is 74.6 Å². The van der Waals surface area contributed by atoms with E-state index in [1.54, 1.807) is 48.7 Å². The normalized spacial score (nSPS) is 15.2. The highest BCUT2D eigenvalue weighted by atomic mass is 19.4. The Labute approximate surface area is 206 Å². The number of benzene rings is 2. The molecule has 1 amide bonds. The molecule has 1 saturated heterocycles. The summed E-state index contributed by atoms with van der Waals surface area (Å²) in [5.41, 5.74) is 1.88. The number of hydrogen-bond donors (Lipinski definition) is 2. The van der Waals surface area contributed by atoms with E-state index in [2.05, 4.69) is 32.7 Å². The predicted molar refractivity (Wildman–Crippen MR) is 131 cm³/mol. The van der Waals surface area contributed by atoms with Gasteiger partial charge in [0.15, 0.2) is 5.65 Å². The van der Waals surface area contributed by atoms with Crippen LogP contribution in [0.1, 0.15) is 28.8 Å². The number of amides is 1. The van der Waals surface area contributed by atoms with Crippen LogP contribution in [0.15, 0.2) is 66.9 Å². The fraction of sp³-hybridized carbons (Fsp3) is 0.269. The monoisotopic (exact) mass is 494 g/mol. The number of halogens is 3. The fourth-order valence-corrected chi connectivity index (χ4v) is 4.30. The van der Waals surface area contributed by atoms with Crippen LogP contribution < -0.4 is 10.6 Å². The van der Waals surface area contributed by atoms with E-state index in [9.17, 15) is 18.0 Å². The number of carbonyl (C=O) groups is 1. The van der Waals surface area contributed by atoms with Gasteiger partial charge in [0, 0.05) is 29.1 Å². The highest BCUT2D eigenvalue weighted by Gasteiger charge is 2.30. The molecular formula is C26H25F3N6O. The first kappa shape index (κ1) is 23.8. The number of nitrogens with zero attached hydrogens (tertiary/aromatic N) is 4. The molecule has 2 N–H and O–H groups in total. The maximum Gasteiger partial charge on any atom is 0.416 e. The van der Waals surface area contributed by atoms with Crippen molar-refractivity contribution in [1.82, 2.24) is 24.8 Å². The Hall–Kier alpha value is -3.92. The van der Waals surface area contributed by atoms with Crippen LogP contribution in [-0.2, 0) is 6.18 Å². The first-order valence-electron chi connectivity index (χ1n) is 11.7. The maximum absolute atomic E-state index is 13.2. The molecule has 1 aliphatic rings. The zero-order valence-electron chi connectivity index (χ0n) is 19.6. The van der Waals surface area contributed by atoms with Gasteiger partial charge in [0.25, 0.3) is 5.91 Å². The highest BCUT2D eigenvalue weighted by molar-refractivity contribution is 5.94. The van der Waals surface area contributed by atoms with Crippen molar-refractivity contribution in [1.29, 1.82) is 0 Å². The van der Waals surface area contributed by atoms with Gasteiger partial charge in [-0.15, -0.1) is 5.10 Å². The minimum absolute atomic E-state index is 0.104. The van der Waals surface area contributed by atoms with Crippen molar-refractivity contribution in [2.75, 3.05) is 25.5 Å². The molecule has 0 radical (unpaired) electrons. The van der Waals surface area contributed by atoms with Gasteiger partial charge < -0.3 is 15.5 Å². The van der Waals surface area contributed by atoms with Crippen molar-refractivity contribution < 1.29 is 18.0 Å². The molecule has 1 fully saturated rings. The van der Waals surface area contributed by atoms with E-state index in [0.717, 1.165) is 38.1 Å². The summed E-state index contributed by atoms with van der Waals surface area (Å²) in [4.78, 5) is 19.3. The molecule has 5 rings (SSSR count). The van der Waals surface area contributed by atoms with Crippen molar-refractivity contribution in [3.63, 3.8) is 0 Å². The summed E-state index contributed by atoms with van der Waals surface area (Å²) in [6.07, 6.45) is -0.882. The lowest BCUT2D eigenvalue weighted by atomic mass is 10.0. The molecular weight excluding hydrogens is 469 g/mol. The molecule has 1 aliphatic heterocycles. The van der Waals surface area contributed by atoms with Gasteiger partial charge in [-0.3, -0.25) is 4.79 Å². The second-order valence-electron chi connectivity index (χ2n) is 8.96. The summed E-state index contributed by atoms with van der Waals surface area (Å²) in [5.74, 6) is 0.186. The first-order valence-corrected chi connectivity index (χ1v) is 11.7. The number of aromatic nitrogens is 3. The van der Waals surface area contributed by atoms with Gasteiger partial charge in [0.2, 0.25) is 5.95 Å². The maximum atomic E-state index is 13.2. The summed E-state index contributed by atoms with van der Waals surface area (Å²) in [5, 5.41) is 10.6. The van der Waals surface area contributed by atoms with Crippen LogP contribution in [0.25, 0.3) is 16.8 Å². The van der Waals surface area contributed by atoms with E-state index >= 15 is 0 Å². The number of rotatable bonds is 5. The number of piperidine rings is 1. The van der Waals surface area contributed by atoms with Crippen LogP contribution in [0.3, 0.4) is 0 Å². The van der Waals surface area contributed by atoms with E-state index < -0.39 is 11.7 Å². The number of likely N-dealkylation sites (tertiary alicyclic amines) is 1. The summed E-state index contributed by atoms with van der Waals surface area (Å²) < 4.78 is 41.1. The minimum Gasteiger partial charge on any atom is -0.349 e. The smallest absolute Gasteiger partial charge is 0.349 e. The largest absolute Gasteiger partial charge is 0.416 e. The molecule has 0 spiro atoms. The molecule has 0 unspecified atom stereocenters. The minimum atomic E-state index is -4.43. The Morgan fingerprint density at radius 2 is 1.78 bits per heavy atom. The summed E-state index contributed by atoms with van der Waals surface area (Å²) in [6, 6.07) is 15.7. The van der Waals surface area contributed by atoms with Crippen LogP contribution in [0.2, 0.25) is 0 Å². The third kappa shape index (κ3) is 5.18. The number of hydrogen-bond acceptors (Lipinski definition) is 5. The number of alkyl halides is 3. The molecule has 0 atom stereocenters. The molecule has 186 valence electrons. The Morgan fingerprint density at radius 1 is 1.03 bits per heavy atom. The fourth-order valence-electron chi connectivity index (χ4n) is 4.30. The summed E-state index contributed by atoms with van der Waals surface area (Å²) in [7, 11) is 2.08. The molecule has 0 bridgehead atoms. The van der Waals surface area contributed by atoms with Gasteiger partial charge in [-0.2, -0.15) is 18.2 Å².